The summed E-state index contributed by atoms with van der Waals surface area (Å²) in [5.74, 6) is 0.760. The van der Waals surface area contributed by atoms with E-state index in [0.717, 1.165) is 5.56 Å². The van der Waals surface area contributed by atoms with Gasteiger partial charge in [-0.1, -0.05) is 30.6 Å². The summed E-state index contributed by atoms with van der Waals surface area (Å²) in [6, 6.07) is 7.11. The number of hydrogen-bond donors (Lipinski definition) is 0. The van der Waals surface area contributed by atoms with Gasteiger partial charge in [0.15, 0.2) is 0 Å². The summed E-state index contributed by atoms with van der Waals surface area (Å²) in [4.78, 5) is 29.9. The third-order valence-corrected chi connectivity index (χ3v) is 4.13. The lowest BCUT2D eigenvalue weighted by molar-refractivity contribution is -0.141. The molecule has 2 rings (SSSR count). The first-order valence-corrected chi connectivity index (χ1v) is 9.20. The zero-order valence-corrected chi connectivity index (χ0v) is 16.5. The molecule has 0 aliphatic heterocycles. The number of rotatable bonds is 9. The summed E-state index contributed by atoms with van der Waals surface area (Å²) in [6.07, 6.45) is 0.749. The van der Waals surface area contributed by atoms with Gasteiger partial charge in [-0.05, 0) is 30.2 Å². The van der Waals surface area contributed by atoms with E-state index in [9.17, 15) is 9.59 Å². The maximum absolute atomic E-state index is 12.5. The normalized spacial score (nSPS) is 10.9. The Balaban J connectivity index is 1.93. The number of esters is 1. The topological polar surface area (TPSA) is 85.5 Å². The van der Waals surface area contributed by atoms with Crippen LogP contribution in [0.3, 0.4) is 0 Å². The van der Waals surface area contributed by atoms with Crippen LogP contribution in [0.4, 0.5) is 0 Å². The van der Waals surface area contributed by atoms with Crippen molar-refractivity contribution in [3.8, 4) is 11.4 Å². The van der Waals surface area contributed by atoms with Gasteiger partial charge in [-0.25, -0.2) is 0 Å². The second-order valence-corrected chi connectivity index (χ2v) is 7.01. The number of carbonyl (C=O) groups excluding carboxylic acids is 2. The number of aryl methyl sites for hydroxylation is 1. The Bertz CT molecular complexity index is 759. The molecule has 27 heavy (non-hydrogen) atoms. The molecule has 0 bridgehead atoms. The maximum atomic E-state index is 12.5. The zero-order valence-electron chi connectivity index (χ0n) is 15.8. The first-order valence-electron chi connectivity index (χ1n) is 8.82. The molecule has 1 amide bonds. The molecule has 0 N–H and O–H groups in total. The zero-order chi connectivity index (χ0) is 19.8. The molecule has 0 saturated heterocycles. The molecule has 8 heteroatoms. The number of methoxy groups -OCH3 is 1. The summed E-state index contributed by atoms with van der Waals surface area (Å²) < 4.78 is 9.89. The Labute approximate surface area is 163 Å². The Kier molecular flexibility index (Phi) is 7.79. The third-order valence-electron chi connectivity index (χ3n) is 3.87. The van der Waals surface area contributed by atoms with Crippen molar-refractivity contribution >= 4 is 23.5 Å². The van der Waals surface area contributed by atoms with Crippen molar-refractivity contribution in [2.45, 2.75) is 33.1 Å². The lowest BCUT2D eigenvalue weighted by atomic mass is 10.1. The number of benzene rings is 1. The van der Waals surface area contributed by atoms with E-state index in [-0.39, 0.29) is 24.7 Å². The average molecular weight is 394 g/mol. The predicted molar refractivity (Wildman–Crippen MR) is 101 cm³/mol. The minimum atomic E-state index is -0.332. The van der Waals surface area contributed by atoms with Gasteiger partial charge in [0.1, 0.15) is 0 Å². The number of ether oxygens (including phenoxy) is 1. The standard InChI is InChI=1S/C19H24ClN3O4/c1-13(2)12-23(11-10-18(25)26-3)17(24)9-8-16-21-19(22-27-16)14-4-6-15(20)7-5-14/h4-7,13H,8-12H2,1-3H3. The number of carbonyl (C=O) groups is 2. The first kappa shape index (κ1) is 20.9. The van der Waals surface area contributed by atoms with Crippen LogP contribution in [0.5, 0.6) is 0 Å². The van der Waals surface area contributed by atoms with Crippen LogP contribution in [0.25, 0.3) is 11.4 Å². The molecule has 1 heterocycles. The molecule has 0 atom stereocenters. The summed E-state index contributed by atoms with van der Waals surface area (Å²) in [5, 5.41) is 4.57. The number of amides is 1. The Morgan fingerprint density at radius 1 is 1.22 bits per heavy atom. The molecule has 146 valence electrons. The van der Waals surface area contributed by atoms with Gasteiger partial charge in [0.2, 0.25) is 17.6 Å². The second-order valence-electron chi connectivity index (χ2n) is 6.58. The molecule has 0 fully saturated rings. The van der Waals surface area contributed by atoms with E-state index >= 15 is 0 Å². The Morgan fingerprint density at radius 3 is 2.56 bits per heavy atom. The molecule has 1 aromatic carbocycles. The Morgan fingerprint density at radius 2 is 1.93 bits per heavy atom. The van der Waals surface area contributed by atoms with Crippen molar-refractivity contribution in [1.29, 1.82) is 0 Å². The highest BCUT2D eigenvalue weighted by atomic mass is 35.5. The maximum Gasteiger partial charge on any atom is 0.307 e. The van der Waals surface area contributed by atoms with Crippen molar-refractivity contribution in [2.24, 2.45) is 5.92 Å². The number of hydrogen-bond acceptors (Lipinski definition) is 6. The van der Waals surface area contributed by atoms with Crippen molar-refractivity contribution in [3.63, 3.8) is 0 Å². The number of aromatic nitrogens is 2. The van der Waals surface area contributed by atoms with Gasteiger partial charge in [-0.15, -0.1) is 0 Å². The molecule has 0 unspecified atom stereocenters. The summed E-state index contributed by atoms with van der Waals surface area (Å²) in [7, 11) is 1.34. The van der Waals surface area contributed by atoms with Crippen LogP contribution in [0.2, 0.25) is 5.02 Å². The van der Waals surface area contributed by atoms with Crippen molar-refractivity contribution in [2.75, 3.05) is 20.2 Å². The average Bonchev–Trinajstić information content (AvgIpc) is 3.12. The predicted octanol–water partition coefficient (Wildman–Crippen LogP) is 3.37. The van der Waals surface area contributed by atoms with Gasteiger partial charge in [0, 0.05) is 36.5 Å². The van der Waals surface area contributed by atoms with Crippen molar-refractivity contribution < 1.29 is 18.8 Å². The molecule has 0 saturated carbocycles. The number of nitrogens with zero attached hydrogens (tertiary/aromatic N) is 3. The third kappa shape index (κ3) is 6.67. The van der Waals surface area contributed by atoms with Crippen LogP contribution in [-0.2, 0) is 20.7 Å². The molecule has 0 radical (unpaired) electrons. The molecule has 1 aromatic heterocycles. The lowest BCUT2D eigenvalue weighted by Gasteiger charge is -2.24. The van der Waals surface area contributed by atoms with Crippen LogP contribution in [0, 0.1) is 5.92 Å². The largest absolute Gasteiger partial charge is 0.469 e. The van der Waals surface area contributed by atoms with E-state index in [1.807, 2.05) is 13.8 Å². The van der Waals surface area contributed by atoms with Gasteiger partial charge in [-0.3, -0.25) is 9.59 Å². The van der Waals surface area contributed by atoms with Crippen LogP contribution in [0.15, 0.2) is 28.8 Å². The Hall–Kier alpha value is -2.41. The monoisotopic (exact) mass is 393 g/mol. The lowest BCUT2D eigenvalue weighted by Crippen LogP contribution is -2.36. The van der Waals surface area contributed by atoms with Gasteiger partial charge >= 0.3 is 5.97 Å². The molecule has 0 aliphatic rings. The summed E-state index contributed by atoms with van der Waals surface area (Å²) in [6.45, 7) is 4.96. The molecule has 0 aliphatic carbocycles. The molecule has 2 aromatic rings. The van der Waals surface area contributed by atoms with Crippen LogP contribution in [0.1, 0.15) is 32.6 Å². The minimum absolute atomic E-state index is 0.0566. The highest BCUT2D eigenvalue weighted by Crippen LogP contribution is 2.19. The second kappa shape index (κ2) is 10.1. The van der Waals surface area contributed by atoms with Crippen LogP contribution < -0.4 is 0 Å². The van der Waals surface area contributed by atoms with Gasteiger partial charge in [0.05, 0.1) is 13.5 Å². The highest BCUT2D eigenvalue weighted by molar-refractivity contribution is 6.30. The van der Waals surface area contributed by atoms with E-state index in [0.29, 0.717) is 42.2 Å². The molecule has 0 spiro atoms. The molecular weight excluding hydrogens is 370 g/mol. The summed E-state index contributed by atoms with van der Waals surface area (Å²) in [5.41, 5.74) is 0.792. The smallest absolute Gasteiger partial charge is 0.307 e. The van der Waals surface area contributed by atoms with Crippen LogP contribution >= 0.6 is 11.6 Å². The highest BCUT2D eigenvalue weighted by Gasteiger charge is 2.18. The van der Waals surface area contributed by atoms with Crippen molar-refractivity contribution in [3.05, 3.63) is 35.2 Å². The van der Waals surface area contributed by atoms with Crippen molar-refractivity contribution in [1.82, 2.24) is 15.0 Å². The van der Waals surface area contributed by atoms with E-state index < -0.39 is 0 Å². The van der Waals surface area contributed by atoms with E-state index in [1.165, 1.54) is 7.11 Å². The summed E-state index contributed by atoms with van der Waals surface area (Å²) >= 11 is 5.87. The van der Waals surface area contributed by atoms with Gasteiger partial charge < -0.3 is 14.2 Å². The number of halogens is 1. The van der Waals surface area contributed by atoms with E-state index in [2.05, 4.69) is 14.9 Å². The molecule has 7 nitrogen and oxygen atoms in total. The quantitative estimate of drug-likeness (QED) is 0.607. The fourth-order valence-corrected chi connectivity index (χ4v) is 2.66. The van der Waals surface area contributed by atoms with E-state index in [1.54, 1.807) is 29.2 Å². The SMILES string of the molecule is COC(=O)CCN(CC(C)C)C(=O)CCc1nc(-c2ccc(Cl)cc2)no1. The first-order chi connectivity index (χ1) is 12.9. The fraction of sp³-hybridized carbons (Fsp3) is 0.474. The molecular formula is C19H24ClN3O4. The minimum Gasteiger partial charge on any atom is -0.469 e. The van der Waals surface area contributed by atoms with Crippen LogP contribution in [-0.4, -0.2) is 47.1 Å². The van der Waals surface area contributed by atoms with Gasteiger partial charge in [-0.2, -0.15) is 4.98 Å². The van der Waals surface area contributed by atoms with E-state index in [4.69, 9.17) is 16.1 Å². The van der Waals surface area contributed by atoms with Gasteiger partial charge in [0.25, 0.3) is 0 Å². The fourth-order valence-electron chi connectivity index (χ4n) is 2.53.